The molecule has 0 atom stereocenters. The van der Waals surface area contributed by atoms with Crippen molar-refractivity contribution in [1.82, 2.24) is 29.5 Å². The molecule has 0 radical (unpaired) electrons. The van der Waals surface area contributed by atoms with Crippen molar-refractivity contribution >= 4 is 39.0 Å². The van der Waals surface area contributed by atoms with Crippen molar-refractivity contribution in [1.29, 1.82) is 0 Å². The maximum atomic E-state index is 11.9. The highest BCUT2D eigenvalue weighted by atomic mass is 32.1. The summed E-state index contributed by atoms with van der Waals surface area (Å²) in [5, 5.41) is 8.75. The summed E-state index contributed by atoms with van der Waals surface area (Å²) in [6.45, 7) is 8.37. The van der Waals surface area contributed by atoms with Crippen LogP contribution in [0.15, 0.2) is 12.4 Å². The second-order valence-electron chi connectivity index (χ2n) is 7.68. The van der Waals surface area contributed by atoms with Crippen LogP contribution in [0.2, 0.25) is 0 Å². The number of hydrogen-bond acceptors (Lipinski definition) is 8. The zero-order chi connectivity index (χ0) is 21.3. The molecule has 10 heteroatoms. The lowest BCUT2D eigenvalue weighted by Gasteiger charge is -2.25. The van der Waals surface area contributed by atoms with Crippen molar-refractivity contribution in [3.8, 4) is 0 Å². The Kier molecular flexibility index (Phi) is 5.98. The van der Waals surface area contributed by atoms with E-state index in [9.17, 15) is 4.79 Å². The maximum absolute atomic E-state index is 11.9. The summed E-state index contributed by atoms with van der Waals surface area (Å²) in [5.41, 5.74) is 1.98. The van der Waals surface area contributed by atoms with Gasteiger partial charge in [0.2, 0.25) is 5.91 Å². The number of likely N-dealkylation sites (N-methyl/N-ethyl adjacent to an activating group) is 1. The topological polar surface area (TPSA) is 88.4 Å². The van der Waals surface area contributed by atoms with Crippen molar-refractivity contribution < 1.29 is 9.53 Å². The Morgan fingerprint density at radius 1 is 1.27 bits per heavy atom. The molecule has 30 heavy (non-hydrogen) atoms. The van der Waals surface area contributed by atoms with E-state index in [-0.39, 0.29) is 12.5 Å². The molecule has 4 heterocycles. The average molecular weight is 430 g/mol. The molecule has 1 amide bonds. The van der Waals surface area contributed by atoms with Gasteiger partial charge < -0.3 is 15.0 Å². The minimum Gasteiger partial charge on any atom is -0.379 e. The van der Waals surface area contributed by atoms with Crippen molar-refractivity contribution in [2.45, 2.75) is 26.9 Å². The number of amides is 1. The Balaban J connectivity index is 1.61. The Morgan fingerprint density at radius 2 is 2.03 bits per heavy atom. The number of fused-ring (bicyclic) bond motifs is 1. The highest BCUT2D eigenvalue weighted by Crippen LogP contribution is 2.34. The normalized spacial score (nSPS) is 14.9. The molecule has 1 aliphatic rings. The van der Waals surface area contributed by atoms with Crippen LogP contribution in [0.4, 0.5) is 11.5 Å². The van der Waals surface area contributed by atoms with E-state index < -0.39 is 0 Å². The van der Waals surface area contributed by atoms with E-state index in [1.165, 1.54) is 10.4 Å². The molecule has 1 N–H and O–H groups in total. The third-order valence-corrected chi connectivity index (χ3v) is 6.34. The predicted octanol–water partition coefficient (Wildman–Crippen LogP) is 2.17. The molecule has 3 aromatic heterocycles. The van der Waals surface area contributed by atoms with Gasteiger partial charge >= 0.3 is 0 Å². The first kappa shape index (κ1) is 20.7. The fourth-order valence-corrected chi connectivity index (χ4v) is 4.39. The van der Waals surface area contributed by atoms with Crippen LogP contribution in [0, 0.1) is 13.8 Å². The highest BCUT2D eigenvalue weighted by molar-refractivity contribution is 7.18. The lowest BCUT2D eigenvalue weighted by Crippen LogP contribution is -2.36. The fraction of sp³-hybridized carbons (Fsp3) is 0.500. The van der Waals surface area contributed by atoms with E-state index in [0.29, 0.717) is 6.54 Å². The van der Waals surface area contributed by atoms with Gasteiger partial charge in [0.25, 0.3) is 0 Å². The highest BCUT2D eigenvalue weighted by Gasteiger charge is 2.18. The monoisotopic (exact) mass is 429 g/mol. The van der Waals surface area contributed by atoms with Crippen LogP contribution in [-0.2, 0) is 22.6 Å². The van der Waals surface area contributed by atoms with Crippen molar-refractivity contribution in [2.75, 3.05) is 45.7 Å². The summed E-state index contributed by atoms with van der Waals surface area (Å²) in [6.07, 6.45) is 3.54. The predicted molar refractivity (Wildman–Crippen MR) is 117 cm³/mol. The standard InChI is InChI=1S/C20H27N7O2S/c1-13-14(2)30-20-18(13)19(23-16(24-20)11-26-5-7-29-8-6-26)22-15-9-21-27(10-15)12-17(28)25(3)4/h9-10H,5-8,11-12H2,1-4H3,(H,22,23,24). The van der Waals surface area contributed by atoms with E-state index >= 15 is 0 Å². The van der Waals surface area contributed by atoms with E-state index in [1.807, 2.05) is 6.20 Å². The minimum atomic E-state index is -0.00817. The molecular weight excluding hydrogens is 402 g/mol. The van der Waals surface area contributed by atoms with E-state index in [0.717, 1.165) is 53.8 Å². The number of anilines is 2. The largest absolute Gasteiger partial charge is 0.379 e. The van der Waals surface area contributed by atoms with E-state index in [4.69, 9.17) is 14.7 Å². The molecule has 0 saturated carbocycles. The van der Waals surface area contributed by atoms with Crippen LogP contribution >= 0.6 is 11.3 Å². The Hall–Kier alpha value is -2.56. The molecule has 1 saturated heterocycles. The van der Waals surface area contributed by atoms with Crippen LogP contribution in [0.3, 0.4) is 0 Å². The maximum Gasteiger partial charge on any atom is 0.243 e. The molecule has 160 valence electrons. The second-order valence-corrected chi connectivity index (χ2v) is 8.88. The number of rotatable bonds is 6. The Labute approximate surface area is 179 Å². The molecule has 3 aromatic rings. The zero-order valence-corrected chi connectivity index (χ0v) is 18.6. The molecule has 1 fully saturated rings. The first-order valence-electron chi connectivity index (χ1n) is 9.97. The summed E-state index contributed by atoms with van der Waals surface area (Å²) in [5.74, 6) is 1.57. The van der Waals surface area contributed by atoms with E-state index in [2.05, 4.69) is 29.2 Å². The number of ether oxygens (including phenoxy) is 1. The van der Waals surface area contributed by atoms with Gasteiger partial charge in [-0.05, 0) is 19.4 Å². The number of nitrogens with zero attached hydrogens (tertiary/aromatic N) is 6. The molecule has 0 aliphatic carbocycles. The fourth-order valence-electron chi connectivity index (χ4n) is 3.35. The summed E-state index contributed by atoms with van der Waals surface area (Å²) in [6, 6.07) is 0. The molecule has 1 aliphatic heterocycles. The van der Waals surface area contributed by atoms with Crippen LogP contribution in [0.25, 0.3) is 10.2 Å². The van der Waals surface area contributed by atoms with Crippen molar-refractivity contribution in [3.05, 3.63) is 28.7 Å². The number of morpholine rings is 1. The van der Waals surface area contributed by atoms with Gasteiger partial charge in [0.15, 0.2) is 0 Å². The summed E-state index contributed by atoms with van der Waals surface area (Å²) in [4.78, 5) is 27.7. The van der Waals surface area contributed by atoms with Gasteiger partial charge in [-0.3, -0.25) is 14.4 Å². The molecule has 0 aromatic carbocycles. The number of carbonyl (C=O) groups excluding carboxylic acids is 1. The van der Waals surface area contributed by atoms with Crippen LogP contribution in [0.1, 0.15) is 16.3 Å². The molecule has 0 spiro atoms. The molecular formula is C20H27N7O2S. The zero-order valence-electron chi connectivity index (χ0n) is 17.8. The Bertz CT molecular complexity index is 1050. The number of nitrogens with one attached hydrogen (secondary N) is 1. The first-order valence-corrected chi connectivity index (χ1v) is 10.8. The summed E-state index contributed by atoms with van der Waals surface area (Å²) < 4.78 is 7.07. The van der Waals surface area contributed by atoms with Crippen molar-refractivity contribution in [3.63, 3.8) is 0 Å². The lowest BCUT2D eigenvalue weighted by molar-refractivity contribution is -0.129. The van der Waals surface area contributed by atoms with Crippen molar-refractivity contribution in [2.24, 2.45) is 0 Å². The second kappa shape index (κ2) is 8.66. The quantitative estimate of drug-likeness (QED) is 0.642. The average Bonchev–Trinajstić information content (AvgIpc) is 3.26. The van der Waals surface area contributed by atoms with Gasteiger partial charge in [-0.25, -0.2) is 9.97 Å². The molecule has 9 nitrogen and oxygen atoms in total. The molecule has 4 rings (SSSR count). The Morgan fingerprint density at radius 3 is 2.77 bits per heavy atom. The number of carbonyl (C=O) groups is 1. The van der Waals surface area contributed by atoms with Crippen LogP contribution in [-0.4, -0.2) is 75.9 Å². The third kappa shape index (κ3) is 4.45. The third-order valence-electron chi connectivity index (χ3n) is 5.24. The number of aromatic nitrogens is 4. The smallest absolute Gasteiger partial charge is 0.243 e. The minimum absolute atomic E-state index is 0.00817. The van der Waals surface area contributed by atoms with Gasteiger partial charge in [-0.1, -0.05) is 0 Å². The number of aryl methyl sites for hydroxylation is 2. The van der Waals surface area contributed by atoms with Gasteiger partial charge in [-0.15, -0.1) is 11.3 Å². The van der Waals surface area contributed by atoms with Gasteiger partial charge in [0.05, 0.1) is 37.0 Å². The summed E-state index contributed by atoms with van der Waals surface area (Å²) >= 11 is 1.69. The first-order chi connectivity index (χ1) is 14.4. The number of hydrogen-bond donors (Lipinski definition) is 1. The van der Waals surface area contributed by atoms with Gasteiger partial charge in [0, 0.05) is 38.3 Å². The van der Waals surface area contributed by atoms with Crippen LogP contribution < -0.4 is 5.32 Å². The molecule has 0 bridgehead atoms. The van der Waals surface area contributed by atoms with Gasteiger partial charge in [-0.2, -0.15) is 5.10 Å². The van der Waals surface area contributed by atoms with Crippen LogP contribution in [0.5, 0.6) is 0 Å². The SMILES string of the molecule is Cc1sc2nc(CN3CCOCC3)nc(Nc3cnn(CC(=O)N(C)C)c3)c2c1C. The number of thiophene rings is 1. The lowest BCUT2D eigenvalue weighted by atomic mass is 10.2. The van der Waals surface area contributed by atoms with E-state index in [1.54, 1.807) is 41.2 Å². The van der Waals surface area contributed by atoms with Gasteiger partial charge in [0.1, 0.15) is 23.0 Å². The molecule has 0 unspecified atom stereocenters. The summed E-state index contributed by atoms with van der Waals surface area (Å²) in [7, 11) is 3.47.